The van der Waals surface area contributed by atoms with Gasteiger partial charge in [-0.15, -0.1) is 0 Å². The SMILES string of the molecule is CC(C)CN1CCCC(N)C1c1cn(C)nc1C(C)(C)C. The molecule has 120 valence electrons. The lowest BCUT2D eigenvalue weighted by molar-refractivity contribution is 0.112. The largest absolute Gasteiger partial charge is 0.326 e. The zero-order chi connectivity index (χ0) is 15.8. The fourth-order valence-electron chi connectivity index (χ4n) is 3.51. The maximum atomic E-state index is 6.52. The zero-order valence-corrected chi connectivity index (χ0v) is 14.6. The van der Waals surface area contributed by atoms with Gasteiger partial charge in [-0.05, 0) is 25.3 Å². The average molecular weight is 292 g/mol. The molecule has 4 nitrogen and oxygen atoms in total. The van der Waals surface area contributed by atoms with Gasteiger partial charge in [-0.2, -0.15) is 5.10 Å². The third-order valence-corrected chi connectivity index (χ3v) is 4.27. The molecule has 1 aromatic rings. The molecule has 0 saturated carbocycles. The van der Waals surface area contributed by atoms with Gasteiger partial charge >= 0.3 is 0 Å². The number of hydrogen-bond donors (Lipinski definition) is 1. The van der Waals surface area contributed by atoms with Crippen LogP contribution in [0.25, 0.3) is 0 Å². The smallest absolute Gasteiger partial charge is 0.0726 e. The number of nitrogens with zero attached hydrogens (tertiary/aromatic N) is 3. The number of nitrogens with two attached hydrogens (primary N) is 1. The Hall–Kier alpha value is -0.870. The highest BCUT2D eigenvalue weighted by Gasteiger charge is 2.35. The maximum absolute atomic E-state index is 6.52. The van der Waals surface area contributed by atoms with Crippen LogP contribution in [0.2, 0.25) is 0 Å². The van der Waals surface area contributed by atoms with Crippen LogP contribution in [0.3, 0.4) is 0 Å². The molecule has 2 atom stereocenters. The first-order valence-corrected chi connectivity index (χ1v) is 8.23. The molecule has 0 bridgehead atoms. The van der Waals surface area contributed by atoms with Crippen LogP contribution in [0.5, 0.6) is 0 Å². The normalized spacial score (nSPS) is 24.8. The second-order valence-corrected chi connectivity index (χ2v) is 8.00. The highest BCUT2D eigenvalue weighted by Crippen LogP contribution is 2.36. The molecule has 1 saturated heterocycles. The van der Waals surface area contributed by atoms with Gasteiger partial charge < -0.3 is 5.73 Å². The van der Waals surface area contributed by atoms with Crippen LogP contribution in [-0.2, 0) is 12.5 Å². The van der Waals surface area contributed by atoms with Gasteiger partial charge in [-0.25, -0.2) is 0 Å². The molecule has 0 aliphatic carbocycles. The lowest BCUT2D eigenvalue weighted by Gasteiger charge is -2.41. The molecular weight excluding hydrogens is 260 g/mol. The first kappa shape index (κ1) is 16.5. The van der Waals surface area contributed by atoms with Gasteiger partial charge in [-0.3, -0.25) is 9.58 Å². The molecule has 0 aromatic carbocycles. The van der Waals surface area contributed by atoms with Crippen molar-refractivity contribution in [3.63, 3.8) is 0 Å². The van der Waals surface area contributed by atoms with E-state index in [9.17, 15) is 0 Å². The van der Waals surface area contributed by atoms with E-state index in [1.807, 2.05) is 11.7 Å². The van der Waals surface area contributed by atoms with Crippen molar-refractivity contribution in [1.29, 1.82) is 0 Å². The summed E-state index contributed by atoms with van der Waals surface area (Å²) in [7, 11) is 2.01. The van der Waals surface area contributed by atoms with Crippen molar-refractivity contribution in [3.05, 3.63) is 17.5 Å². The molecule has 1 aromatic heterocycles. The molecule has 2 unspecified atom stereocenters. The molecule has 2 heterocycles. The first-order valence-electron chi connectivity index (χ1n) is 8.23. The van der Waals surface area contributed by atoms with Crippen LogP contribution < -0.4 is 5.73 Å². The highest BCUT2D eigenvalue weighted by molar-refractivity contribution is 5.29. The van der Waals surface area contributed by atoms with Crippen molar-refractivity contribution in [3.8, 4) is 0 Å². The van der Waals surface area contributed by atoms with E-state index >= 15 is 0 Å². The molecule has 0 spiro atoms. The lowest BCUT2D eigenvalue weighted by atomic mass is 9.83. The summed E-state index contributed by atoms with van der Waals surface area (Å²) in [4.78, 5) is 2.57. The van der Waals surface area contributed by atoms with Crippen molar-refractivity contribution in [2.75, 3.05) is 13.1 Å². The molecule has 2 rings (SSSR count). The molecule has 1 aliphatic rings. The number of likely N-dealkylation sites (tertiary alicyclic amines) is 1. The number of piperidine rings is 1. The van der Waals surface area contributed by atoms with Crippen molar-refractivity contribution in [2.45, 2.75) is 65.0 Å². The molecule has 2 N–H and O–H groups in total. The van der Waals surface area contributed by atoms with Crippen LogP contribution in [0.4, 0.5) is 0 Å². The van der Waals surface area contributed by atoms with Crippen molar-refractivity contribution < 1.29 is 0 Å². The minimum atomic E-state index is 0.0528. The fourth-order valence-corrected chi connectivity index (χ4v) is 3.51. The van der Waals surface area contributed by atoms with Gasteiger partial charge in [0.2, 0.25) is 0 Å². The molecule has 21 heavy (non-hydrogen) atoms. The molecule has 0 radical (unpaired) electrons. The van der Waals surface area contributed by atoms with Gasteiger partial charge in [-0.1, -0.05) is 34.6 Å². The fraction of sp³-hybridized carbons (Fsp3) is 0.824. The van der Waals surface area contributed by atoms with E-state index < -0.39 is 0 Å². The van der Waals surface area contributed by atoms with E-state index in [1.54, 1.807) is 0 Å². The van der Waals surface area contributed by atoms with E-state index in [-0.39, 0.29) is 11.5 Å². The average Bonchev–Trinajstić information content (AvgIpc) is 2.70. The number of rotatable bonds is 3. The van der Waals surface area contributed by atoms with Crippen LogP contribution in [-0.4, -0.2) is 33.8 Å². The summed E-state index contributed by atoms with van der Waals surface area (Å²) in [5.74, 6) is 0.660. The summed E-state index contributed by atoms with van der Waals surface area (Å²) in [5.41, 5.74) is 9.10. The summed E-state index contributed by atoms with van der Waals surface area (Å²) in [6.45, 7) is 13.5. The van der Waals surface area contributed by atoms with E-state index in [4.69, 9.17) is 10.8 Å². The minimum Gasteiger partial charge on any atom is -0.326 e. The zero-order valence-electron chi connectivity index (χ0n) is 14.6. The second kappa shape index (κ2) is 6.09. The molecule has 0 amide bonds. The Morgan fingerprint density at radius 1 is 1.38 bits per heavy atom. The molecule has 1 fully saturated rings. The third kappa shape index (κ3) is 3.67. The second-order valence-electron chi connectivity index (χ2n) is 8.00. The van der Waals surface area contributed by atoms with Crippen LogP contribution in [0.1, 0.15) is 64.8 Å². The topological polar surface area (TPSA) is 47.1 Å². The summed E-state index contributed by atoms with van der Waals surface area (Å²) < 4.78 is 1.95. The summed E-state index contributed by atoms with van der Waals surface area (Å²) in [5, 5.41) is 4.74. The highest BCUT2D eigenvalue weighted by atomic mass is 15.3. The first-order chi connectivity index (χ1) is 9.70. The Labute approximate surface area is 129 Å². The van der Waals surface area contributed by atoms with Gasteiger partial charge in [0.1, 0.15) is 0 Å². The number of aryl methyl sites for hydroxylation is 1. The summed E-state index contributed by atoms with van der Waals surface area (Å²) >= 11 is 0. The van der Waals surface area contributed by atoms with E-state index in [0.29, 0.717) is 12.0 Å². The Bertz CT molecular complexity index is 470. The predicted octanol–water partition coefficient (Wildman–Crippen LogP) is 2.84. The Kier molecular flexibility index (Phi) is 4.79. The molecule has 4 heteroatoms. The summed E-state index contributed by atoms with van der Waals surface area (Å²) in [6.07, 6.45) is 4.50. The molecule has 1 aliphatic heterocycles. The minimum absolute atomic E-state index is 0.0528. The predicted molar refractivity (Wildman–Crippen MR) is 88.3 cm³/mol. The number of aromatic nitrogens is 2. The Balaban J connectivity index is 2.40. The van der Waals surface area contributed by atoms with Crippen molar-refractivity contribution in [1.82, 2.24) is 14.7 Å². The summed E-state index contributed by atoms with van der Waals surface area (Å²) in [6, 6.07) is 0.520. The lowest BCUT2D eigenvalue weighted by Crippen LogP contribution is -2.47. The van der Waals surface area contributed by atoms with Gasteiger partial charge in [0, 0.05) is 36.8 Å². The van der Waals surface area contributed by atoms with E-state index in [1.165, 1.54) is 17.7 Å². The van der Waals surface area contributed by atoms with Crippen molar-refractivity contribution in [2.24, 2.45) is 18.7 Å². The van der Waals surface area contributed by atoms with Gasteiger partial charge in [0.15, 0.2) is 0 Å². The van der Waals surface area contributed by atoms with E-state index in [0.717, 1.165) is 19.5 Å². The maximum Gasteiger partial charge on any atom is 0.0726 e. The monoisotopic (exact) mass is 292 g/mol. The molecular formula is C17H32N4. The van der Waals surface area contributed by atoms with E-state index in [2.05, 4.69) is 45.7 Å². The van der Waals surface area contributed by atoms with Gasteiger partial charge in [0.05, 0.1) is 11.7 Å². The Morgan fingerprint density at radius 3 is 2.62 bits per heavy atom. The standard InChI is InChI=1S/C17H32N4/c1-12(2)10-21-9-7-8-14(18)15(21)13-11-20(6)19-16(13)17(3,4)5/h11-12,14-15H,7-10,18H2,1-6H3. The van der Waals surface area contributed by atoms with Gasteiger partial charge in [0.25, 0.3) is 0 Å². The van der Waals surface area contributed by atoms with Crippen LogP contribution in [0.15, 0.2) is 6.20 Å². The quantitative estimate of drug-likeness (QED) is 0.932. The third-order valence-electron chi connectivity index (χ3n) is 4.27. The van der Waals surface area contributed by atoms with Crippen LogP contribution >= 0.6 is 0 Å². The number of hydrogen-bond acceptors (Lipinski definition) is 3. The van der Waals surface area contributed by atoms with Crippen molar-refractivity contribution >= 4 is 0 Å². The Morgan fingerprint density at radius 2 is 2.05 bits per heavy atom. The van der Waals surface area contributed by atoms with Crippen LogP contribution in [0, 0.1) is 5.92 Å².